The molecule has 0 spiro atoms. The van der Waals surface area contributed by atoms with Gasteiger partial charge >= 0.3 is 0 Å². The van der Waals surface area contributed by atoms with Crippen molar-refractivity contribution in [1.82, 2.24) is 9.97 Å². The fourth-order valence-corrected chi connectivity index (χ4v) is 2.17. The molecule has 1 saturated carbocycles. The number of aryl methyl sites for hydroxylation is 1. The van der Waals surface area contributed by atoms with Crippen LogP contribution in [0.2, 0.25) is 0 Å². The molecule has 2 aromatic rings. The lowest BCUT2D eigenvalue weighted by atomic mass is 10.3. The fraction of sp³-hybridized carbons (Fsp3) is 0.429. The van der Waals surface area contributed by atoms with Crippen LogP contribution in [0.3, 0.4) is 0 Å². The Morgan fingerprint density at radius 3 is 2.89 bits per heavy atom. The Morgan fingerprint density at radius 1 is 1.42 bits per heavy atom. The molecule has 2 heterocycles. The second-order valence-electron chi connectivity index (χ2n) is 4.94. The maximum Gasteiger partial charge on any atom is 0.226 e. The summed E-state index contributed by atoms with van der Waals surface area (Å²) in [7, 11) is 0. The third-order valence-electron chi connectivity index (χ3n) is 3.26. The Bertz CT molecular complexity index is 549. The third kappa shape index (κ3) is 2.76. The highest BCUT2D eigenvalue weighted by atomic mass is 16.3. The van der Waals surface area contributed by atoms with Crippen LogP contribution in [-0.4, -0.2) is 16.0 Å². The number of hydrogen-bond acceptors (Lipinski definition) is 5. The minimum atomic E-state index is 0.440. The van der Waals surface area contributed by atoms with Crippen LogP contribution in [0.4, 0.5) is 5.95 Å². The molecule has 1 aliphatic carbocycles. The first kappa shape index (κ1) is 12.2. The smallest absolute Gasteiger partial charge is 0.226 e. The molecule has 1 fully saturated rings. The van der Waals surface area contributed by atoms with Crippen LogP contribution >= 0.6 is 0 Å². The van der Waals surface area contributed by atoms with Crippen LogP contribution < -0.4 is 10.6 Å². The zero-order chi connectivity index (χ0) is 13.2. The molecule has 0 amide bonds. The van der Waals surface area contributed by atoms with E-state index in [0.717, 1.165) is 23.1 Å². The number of nitrogens with zero attached hydrogens (tertiary/aromatic N) is 3. The van der Waals surface area contributed by atoms with Gasteiger partial charge in [0.05, 0.1) is 18.5 Å². The van der Waals surface area contributed by atoms with Crippen LogP contribution in [0.5, 0.6) is 0 Å². The molecule has 0 unspecified atom stereocenters. The number of rotatable bonds is 5. The highest BCUT2D eigenvalue weighted by molar-refractivity contribution is 5.36. The van der Waals surface area contributed by atoms with E-state index in [1.54, 1.807) is 6.26 Å². The van der Waals surface area contributed by atoms with Crippen molar-refractivity contribution in [3.63, 3.8) is 0 Å². The summed E-state index contributed by atoms with van der Waals surface area (Å²) in [5.74, 6) is 1.70. The molecular formula is C14H18N4O. The maximum absolute atomic E-state index is 5.69. The average molecular weight is 258 g/mol. The fourth-order valence-electron chi connectivity index (χ4n) is 2.17. The Labute approximate surface area is 112 Å². The summed E-state index contributed by atoms with van der Waals surface area (Å²) in [5, 5.41) is 0. The molecule has 5 heteroatoms. The van der Waals surface area contributed by atoms with Gasteiger partial charge in [-0.3, -0.25) is 0 Å². The minimum absolute atomic E-state index is 0.440. The van der Waals surface area contributed by atoms with E-state index in [0.29, 0.717) is 19.1 Å². The number of aromatic nitrogens is 2. The summed E-state index contributed by atoms with van der Waals surface area (Å²) in [6, 6.07) is 6.34. The van der Waals surface area contributed by atoms with Crippen molar-refractivity contribution in [2.75, 3.05) is 4.90 Å². The van der Waals surface area contributed by atoms with Gasteiger partial charge in [-0.2, -0.15) is 0 Å². The molecule has 0 radical (unpaired) electrons. The zero-order valence-corrected chi connectivity index (χ0v) is 11.0. The van der Waals surface area contributed by atoms with E-state index in [4.69, 9.17) is 10.2 Å². The van der Waals surface area contributed by atoms with E-state index in [2.05, 4.69) is 14.9 Å². The third-order valence-corrected chi connectivity index (χ3v) is 3.26. The predicted octanol–water partition coefficient (Wildman–Crippen LogP) is 2.01. The summed E-state index contributed by atoms with van der Waals surface area (Å²) in [6.45, 7) is 3.13. The first-order valence-corrected chi connectivity index (χ1v) is 6.60. The number of anilines is 1. The van der Waals surface area contributed by atoms with E-state index < -0.39 is 0 Å². The molecule has 100 valence electrons. The quantitative estimate of drug-likeness (QED) is 0.888. The second kappa shape index (κ2) is 5.01. The van der Waals surface area contributed by atoms with Crippen LogP contribution in [0.15, 0.2) is 28.9 Å². The normalized spacial score (nSPS) is 14.6. The van der Waals surface area contributed by atoms with Gasteiger partial charge in [-0.1, -0.05) is 0 Å². The van der Waals surface area contributed by atoms with Gasteiger partial charge in [0, 0.05) is 18.3 Å². The number of nitrogens with two attached hydrogens (primary N) is 1. The van der Waals surface area contributed by atoms with Crippen molar-refractivity contribution in [1.29, 1.82) is 0 Å². The highest BCUT2D eigenvalue weighted by Gasteiger charge is 2.31. The highest BCUT2D eigenvalue weighted by Crippen LogP contribution is 2.31. The molecular weight excluding hydrogens is 240 g/mol. The van der Waals surface area contributed by atoms with Gasteiger partial charge < -0.3 is 15.1 Å². The zero-order valence-electron chi connectivity index (χ0n) is 11.0. The Morgan fingerprint density at radius 2 is 2.26 bits per heavy atom. The van der Waals surface area contributed by atoms with Crippen LogP contribution in [0.25, 0.3) is 0 Å². The van der Waals surface area contributed by atoms with Crippen molar-refractivity contribution >= 4 is 5.95 Å². The van der Waals surface area contributed by atoms with E-state index in [-0.39, 0.29) is 0 Å². The predicted molar refractivity (Wildman–Crippen MR) is 72.6 cm³/mol. The van der Waals surface area contributed by atoms with Gasteiger partial charge in [0.15, 0.2) is 0 Å². The van der Waals surface area contributed by atoms with E-state index in [1.165, 1.54) is 12.8 Å². The minimum Gasteiger partial charge on any atom is -0.467 e. The summed E-state index contributed by atoms with van der Waals surface area (Å²) in [5.41, 5.74) is 7.52. The summed E-state index contributed by atoms with van der Waals surface area (Å²) in [4.78, 5) is 11.3. The second-order valence-corrected chi connectivity index (χ2v) is 4.94. The molecule has 0 bridgehead atoms. The average Bonchev–Trinajstić information content (AvgIpc) is 3.12. The molecule has 0 saturated heterocycles. The standard InChI is InChI=1S/C14H18N4O/c1-10-7-11(8-15)17-14(16-10)18(12-4-5-12)9-13-3-2-6-19-13/h2-3,6-7,12H,4-5,8-9,15H2,1H3. The SMILES string of the molecule is Cc1cc(CN)nc(N(Cc2ccco2)C2CC2)n1. The van der Waals surface area contributed by atoms with Crippen LogP contribution in [-0.2, 0) is 13.1 Å². The van der Waals surface area contributed by atoms with Crippen molar-refractivity contribution in [3.8, 4) is 0 Å². The van der Waals surface area contributed by atoms with Gasteiger partial charge in [-0.05, 0) is 38.0 Å². The lowest BCUT2D eigenvalue weighted by Crippen LogP contribution is -2.27. The Balaban J connectivity index is 1.89. The van der Waals surface area contributed by atoms with Crippen molar-refractivity contribution in [2.45, 2.75) is 38.9 Å². The van der Waals surface area contributed by atoms with Gasteiger partial charge in [-0.25, -0.2) is 9.97 Å². The summed E-state index contributed by atoms with van der Waals surface area (Å²) < 4.78 is 5.43. The lowest BCUT2D eigenvalue weighted by Gasteiger charge is -2.22. The molecule has 2 N–H and O–H groups in total. The molecule has 1 aliphatic rings. The number of furan rings is 1. The van der Waals surface area contributed by atoms with Crippen LogP contribution in [0.1, 0.15) is 30.0 Å². The van der Waals surface area contributed by atoms with E-state index >= 15 is 0 Å². The molecule has 0 atom stereocenters. The van der Waals surface area contributed by atoms with Crippen molar-refractivity contribution in [2.24, 2.45) is 5.73 Å². The van der Waals surface area contributed by atoms with Crippen LogP contribution in [0, 0.1) is 6.92 Å². The van der Waals surface area contributed by atoms with E-state index in [1.807, 2.05) is 25.1 Å². The van der Waals surface area contributed by atoms with E-state index in [9.17, 15) is 0 Å². The summed E-state index contributed by atoms with van der Waals surface area (Å²) >= 11 is 0. The molecule has 3 rings (SSSR count). The number of hydrogen-bond donors (Lipinski definition) is 1. The monoisotopic (exact) mass is 258 g/mol. The molecule has 0 aliphatic heterocycles. The Kier molecular flexibility index (Phi) is 3.21. The van der Waals surface area contributed by atoms with Gasteiger partial charge in [0.2, 0.25) is 5.95 Å². The van der Waals surface area contributed by atoms with Crippen molar-refractivity contribution in [3.05, 3.63) is 41.6 Å². The summed E-state index contributed by atoms with van der Waals surface area (Å²) in [6.07, 6.45) is 4.08. The van der Waals surface area contributed by atoms with Gasteiger partial charge in [0.25, 0.3) is 0 Å². The van der Waals surface area contributed by atoms with Gasteiger partial charge in [0.1, 0.15) is 5.76 Å². The lowest BCUT2D eigenvalue weighted by molar-refractivity contribution is 0.498. The molecule has 0 aromatic carbocycles. The van der Waals surface area contributed by atoms with Crippen molar-refractivity contribution < 1.29 is 4.42 Å². The topological polar surface area (TPSA) is 68.2 Å². The molecule has 2 aromatic heterocycles. The molecule has 5 nitrogen and oxygen atoms in total. The Hall–Kier alpha value is -1.88. The maximum atomic E-state index is 5.69. The first-order chi connectivity index (χ1) is 9.26. The largest absolute Gasteiger partial charge is 0.467 e. The van der Waals surface area contributed by atoms with Gasteiger partial charge in [-0.15, -0.1) is 0 Å². The first-order valence-electron chi connectivity index (χ1n) is 6.60. The molecule has 19 heavy (non-hydrogen) atoms.